The number of ether oxygens (including phenoxy) is 2. The molecule has 1 atom stereocenters. The minimum Gasteiger partial charge on any atom is -0.493 e. The van der Waals surface area contributed by atoms with Crippen LogP contribution in [0.3, 0.4) is 0 Å². The zero-order valence-corrected chi connectivity index (χ0v) is 27.7. The third kappa shape index (κ3) is 8.25. The Bertz CT molecular complexity index is 1740. The zero-order chi connectivity index (χ0) is 33.3. The Balaban J connectivity index is 1.82. The van der Waals surface area contributed by atoms with E-state index >= 15 is 0 Å². The molecule has 4 aromatic rings. The number of carbonyl (C=O) groups is 2. The lowest BCUT2D eigenvalue weighted by Crippen LogP contribution is -2.53. The highest BCUT2D eigenvalue weighted by Crippen LogP contribution is 2.32. The van der Waals surface area contributed by atoms with E-state index < -0.39 is 28.5 Å². The summed E-state index contributed by atoms with van der Waals surface area (Å²) in [6.07, 6.45) is 0.247. The van der Waals surface area contributed by atoms with Crippen molar-refractivity contribution in [3.63, 3.8) is 0 Å². The normalized spacial score (nSPS) is 11.8. The zero-order valence-electron chi connectivity index (χ0n) is 26.9. The number of hydrogen-bond acceptors (Lipinski definition) is 6. The Labute approximate surface area is 271 Å². The van der Waals surface area contributed by atoms with Crippen LogP contribution in [-0.2, 0) is 32.6 Å². The van der Waals surface area contributed by atoms with E-state index in [4.69, 9.17) is 9.47 Å². The molecule has 4 aromatic carbocycles. The molecule has 0 saturated heterocycles. The van der Waals surface area contributed by atoms with Crippen LogP contribution in [0, 0.1) is 13.8 Å². The van der Waals surface area contributed by atoms with E-state index in [-0.39, 0.29) is 29.5 Å². The standard InChI is InChI=1S/C36H41N3O6S/c1-6-37-36(41)32(22-28-12-8-7-9-13-28)38(24-29-14-10-11-27(3)21-29)35(40)25-39(30-17-15-26(2)16-18-30)46(42,43)31-19-20-33(44-4)34(23-31)45-5/h7-21,23,32H,6,22,24-25H2,1-5H3,(H,37,41)/t32-/m1/s1. The molecule has 1 N–H and O–H groups in total. The molecule has 0 unspecified atom stereocenters. The lowest BCUT2D eigenvalue weighted by molar-refractivity contribution is -0.140. The Morgan fingerprint density at radius 3 is 2.09 bits per heavy atom. The van der Waals surface area contributed by atoms with Crippen LogP contribution >= 0.6 is 0 Å². The maximum atomic E-state index is 14.5. The summed E-state index contributed by atoms with van der Waals surface area (Å²) < 4.78 is 40.4. The molecule has 2 amide bonds. The minimum absolute atomic E-state index is 0.0756. The minimum atomic E-state index is -4.30. The van der Waals surface area contributed by atoms with Crippen molar-refractivity contribution < 1.29 is 27.5 Å². The van der Waals surface area contributed by atoms with Gasteiger partial charge in [0.2, 0.25) is 11.8 Å². The Morgan fingerprint density at radius 2 is 1.46 bits per heavy atom. The Kier molecular flexibility index (Phi) is 11.4. The van der Waals surface area contributed by atoms with Gasteiger partial charge in [-0.3, -0.25) is 13.9 Å². The molecule has 9 nitrogen and oxygen atoms in total. The summed E-state index contributed by atoms with van der Waals surface area (Å²) in [7, 11) is -1.41. The molecule has 242 valence electrons. The predicted molar refractivity (Wildman–Crippen MR) is 180 cm³/mol. The van der Waals surface area contributed by atoms with Gasteiger partial charge in [0.1, 0.15) is 12.6 Å². The van der Waals surface area contributed by atoms with Crippen LogP contribution in [0.5, 0.6) is 11.5 Å². The number of carbonyl (C=O) groups excluding carboxylic acids is 2. The van der Waals surface area contributed by atoms with Crippen molar-refractivity contribution in [2.75, 3.05) is 31.6 Å². The summed E-state index contributed by atoms with van der Waals surface area (Å²) in [5.41, 5.74) is 3.93. The first kappa shape index (κ1) is 34.1. The monoisotopic (exact) mass is 643 g/mol. The number of sulfonamides is 1. The number of benzene rings is 4. The Morgan fingerprint density at radius 1 is 0.783 bits per heavy atom. The van der Waals surface area contributed by atoms with Gasteiger partial charge in [-0.15, -0.1) is 0 Å². The topological polar surface area (TPSA) is 105 Å². The van der Waals surface area contributed by atoms with E-state index in [9.17, 15) is 18.0 Å². The predicted octanol–water partition coefficient (Wildman–Crippen LogP) is 5.29. The number of likely N-dealkylation sites (N-methyl/N-ethyl adjacent to an activating group) is 1. The lowest BCUT2D eigenvalue weighted by Gasteiger charge is -2.34. The number of anilines is 1. The van der Waals surface area contributed by atoms with Crippen molar-refractivity contribution in [2.24, 2.45) is 0 Å². The number of nitrogens with one attached hydrogen (secondary N) is 1. The summed E-state index contributed by atoms with van der Waals surface area (Å²) in [5.74, 6) is -0.247. The largest absolute Gasteiger partial charge is 0.493 e. The number of aryl methyl sites for hydroxylation is 2. The van der Waals surface area contributed by atoms with Gasteiger partial charge in [0.15, 0.2) is 11.5 Å². The SMILES string of the molecule is CCNC(=O)[C@@H](Cc1ccccc1)N(Cc1cccc(C)c1)C(=O)CN(c1ccc(C)cc1)S(=O)(=O)c1ccc(OC)c(OC)c1. The summed E-state index contributed by atoms with van der Waals surface area (Å²) in [5, 5.41) is 2.88. The number of nitrogens with zero attached hydrogens (tertiary/aromatic N) is 2. The van der Waals surface area contributed by atoms with E-state index in [1.807, 2.05) is 75.4 Å². The highest BCUT2D eigenvalue weighted by Gasteiger charge is 2.35. The second-order valence-corrected chi connectivity index (χ2v) is 12.8. The molecule has 4 rings (SSSR count). The van der Waals surface area contributed by atoms with Gasteiger partial charge >= 0.3 is 0 Å². The second kappa shape index (κ2) is 15.4. The maximum absolute atomic E-state index is 14.5. The molecule has 0 aliphatic carbocycles. The van der Waals surface area contributed by atoms with Gasteiger partial charge < -0.3 is 19.7 Å². The van der Waals surface area contributed by atoms with Crippen LogP contribution in [0.2, 0.25) is 0 Å². The highest BCUT2D eigenvalue weighted by molar-refractivity contribution is 7.92. The summed E-state index contributed by atoms with van der Waals surface area (Å²) in [6.45, 7) is 5.60. The van der Waals surface area contributed by atoms with Crippen molar-refractivity contribution in [2.45, 2.75) is 44.7 Å². The molecule has 0 aliphatic heterocycles. The third-order valence-electron chi connectivity index (χ3n) is 7.60. The lowest BCUT2D eigenvalue weighted by atomic mass is 10.0. The molecule has 0 fully saturated rings. The molecule has 0 bridgehead atoms. The smallest absolute Gasteiger partial charge is 0.264 e. The van der Waals surface area contributed by atoms with E-state index in [0.717, 1.165) is 26.6 Å². The van der Waals surface area contributed by atoms with Crippen LogP contribution in [0.1, 0.15) is 29.2 Å². The first-order valence-corrected chi connectivity index (χ1v) is 16.5. The summed E-state index contributed by atoms with van der Waals surface area (Å²) in [6, 6.07) is 27.4. The van der Waals surface area contributed by atoms with E-state index in [0.29, 0.717) is 18.0 Å². The quantitative estimate of drug-likeness (QED) is 0.200. The number of methoxy groups -OCH3 is 2. The van der Waals surface area contributed by atoms with Crippen LogP contribution < -0.4 is 19.1 Å². The molecule has 0 radical (unpaired) electrons. The molecular weight excluding hydrogens is 602 g/mol. The van der Waals surface area contributed by atoms with Crippen LogP contribution in [-0.4, -0.2) is 58.5 Å². The summed E-state index contributed by atoms with van der Waals surface area (Å²) >= 11 is 0. The van der Waals surface area contributed by atoms with E-state index in [2.05, 4.69) is 5.32 Å². The molecular formula is C36H41N3O6S. The van der Waals surface area contributed by atoms with Crippen molar-refractivity contribution in [3.05, 3.63) is 119 Å². The van der Waals surface area contributed by atoms with Crippen molar-refractivity contribution in [3.8, 4) is 11.5 Å². The van der Waals surface area contributed by atoms with Crippen LogP contribution in [0.15, 0.2) is 102 Å². The van der Waals surface area contributed by atoms with Crippen molar-refractivity contribution in [1.29, 1.82) is 0 Å². The average molecular weight is 644 g/mol. The number of hydrogen-bond donors (Lipinski definition) is 1. The first-order valence-electron chi connectivity index (χ1n) is 15.1. The average Bonchev–Trinajstić information content (AvgIpc) is 3.05. The second-order valence-electron chi connectivity index (χ2n) is 11.0. The van der Waals surface area contributed by atoms with Crippen LogP contribution in [0.25, 0.3) is 0 Å². The third-order valence-corrected chi connectivity index (χ3v) is 9.37. The molecule has 10 heteroatoms. The van der Waals surface area contributed by atoms with Gasteiger partial charge in [-0.1, -0.05) is 77.9 Å². The highest BCUT2D eigenvalue weighted by atomic mass is 32.2. The van der Waals surface area contributed by atoms with Crippen molar-refractivity contribution >= 4 is 27.5 Å². The Hall–Kier alpha value is -4.83. The summed E-state index contributed by atoms with van der Waals surface area (Å²) in [4.78, 5) is 29.6. The van der Waals surface area contributed by atoms with E-state index in [1.165, 1.54) is 37.3 Å². The van der Waals surface area contributed by atoms with Gasteiger partial charge in [-0.2, -0.15) is 0 Å². The molecule has 0 saturated carbocycles. The maximum Gasteiger partial charge on any atom is 0.264 e. The molecule has 0 heterocycles. The molecule has 0 spiro atoms. The molecule has 46 heavy (non-hydrogen) atoms. The fourth-order valence-corrected chi connectivity index (χ4v) is 6.63. The van der Waals surface area contributed by atoms with Crippen molar-refractivity contribution in [1.82, 2.24) is 10.2 Å². The fraction of sp³-hybridized carbons (Fsp3) is 0.278. The van der Waals surface area contributed by atoms with E-state index in [1.54, 1.807) is 24.3 Å². The van der Waals surface area contributed by atoms with Gasteiger partial charge in [-0.25, -0.2) is 8.42 Å². The molecule has 0 aromatic heterocycles. The first-order chi connectivity index (χ1) is 22.1. The van der Waals surface area contributed by atoms with Gasteiger partial charge in [-0.05, 0) is 56.2 Å². The molecule has 0 aliphatic rings. The van der Waals surface area contributed by atoms with Crippen LogP contribution in [0.4, 0.5) is 5.69 Å². The number of amides is 2. The van der Waals surface area contributed by atoms with Gasteiger partial charge in [0, 0.05) is 25.6 Å². The van der Waals surface area contributed by atoms with Gasteiger partial charge in [0.25, 0.3) is 10.0 Å². The fourth-order valence-electron chi connectivity index (χ4n) is 5.20. The van der Waals surface area contributed by atoms with Gasteiger partial charge in [0.05, 0.1) is 24.8 Å². The number of rotatable bonds is 14.